The Hall–Kier alpha value is -0.801. The van der Waals surface area contributed by atoms with E-state index in [1.807, 2.05) is 0 Å². The zero-order chi connectivity index (χ0) is 5.98. The fourth-order valence-corrected chi connectivity index (χ4v) is 0.350. The summed E-state index contributed by atoms with van der Waals surface area (Å²) in [6.07, 6.45) is 2.53. The van der Waals surface area contributed by atoms with E-state index in [0.717, 1.165) is 0 Å². The smallest absolute Gasteiger partial charge is 0.424 e. The summed E-state index contributed by atoms with van der Waals surface area (Å²) in [5.41, 5.74) is -0.660. The van der Waals surface area contributed by atoms with Crippen LogP contribution in [0.5, 0.6) is 0 Å². The molecule has 0 bridgehead atoms. The van der Waals surface area contributed by atoms with Gasteiger partial charge < -0.3 is 5.21 Å². The third-order valence-corrected chi connectivity index (χ3v) is 0.694. The van der Waals surface area contributed by atoms with Gasteiger partial charge in [0, 0.05) is 6.20 Å². The molecule has 9 heavy (non-hydrogen) atoms. The van der Waals surface area contributed by atoms with Crippen molar-refractivity contribution in [3.05, 3.63) is 28.9 Å². The Balaban J connectivity index is 0.000000640. The summed E-state index contributed by atoms with van der Waals surface area (Å²) < 4.78 is 0.417. The zero-order valence-corrected chi connectivity index (χ0v) is 5.44. The summed E-state index contributed by atoms with van der Waals surface area (Å²) in [6.45, 7) is 0. The summed E-state index contributed by atoms with van der Waals surface area (Å²) in [5.74, 6) is 0. The van der Waals surface area contributed by atoms with Crippen molar-refractivity contribution in [3.8, 4) is 0 Å². The van der Waals surface area contributed by atoms with E-state index in [4.69, 9.17) is 5.21 Å². The monoisotopic (exact) mass is 168 g/mol. The molecule has 1 N–H and O–H groups in total. The van der Waals surface area contributed by atoms with Crippen LogP contribution in [0.2, 0.25) is 0 Å². The Bertz CT molecular complexity index is 234. The van der Waals surface area contributed by atoms with E-state index in [1.54, 1.807) is 0 Å². The molecular weight excluding hydrogens is 164 g/mol. The molecule has 0 aromatic carbocycles. The minimum Gasteiger partial charge on any atom is -0.424 e. The Morgan fingerprint density at radius 3 is 2.67 bits per heavy atom. The van der Waals surface area contributed by atoms with Gasteiger partial charge in [-0.1, -0.05) is 0 Å². The van der Waals surface area contributed by atoms with Crippen LogP contribution in [0, 0.1) is 0 Å². The maximum absolute atomic E-state index is 10.2. The topological polar surface area (TPSA) is 55.1 Å². The fraction of sp³-hybridized carbons (Fsp3) is 0. The molecule has 5 heteroatoms. The Morgan fingerprint density at radius 1 is 1.67 bits per heavy atom. The Morgan fingerprint density at radius 2 is 2.33 bits per heavy atom. The van der Waals surface area contributed by atoms with E-state index in [2.05, 4.69) is 4.98 Å². The van der Waals surface area contributed by atoms with Crippen molar-refractivity contribution >= 4 is 0 Å². The molecule has 1 radical (unpaired) electrons. The first-order valence-electron chi connectivity index (χ1n) is 2.03. The van der Waals surface area contributed by atoms with Crippen molar-refractivity contribution < 1.29 is 22.3 Å². The van der Waals surface area contributed by atoms with Gasteiger partial charge >= 0.3 is 22.8 Å². The van der Waals surface area contributed by atoms with Gasteiger partial charge in [0.2, 0.25) is 0 Å². The molecule has 1 rings (SSSR count). The van der Waals surface area contributed by atoms with Gasteiger partial charge in [-0.25, -0.2) is 4.79 Å². The maximum Gasteiger partial charge on any atom is 3.00 e. The molecule has 0 aliphatic heterocycles. The molecule has 0 atom stereocenters. The number of aromatic nitrogens is 2. The van der Waals surface area contributed by atoms with Crippen molar-refractivity contribution in [1.82, 2.24) is 9.71 Å². The molecule has 47 valence electrons. The third-order valence-electron chi connectivity index (χ3n) is 0.694. The fourth-order valence-electron chi connectivity index (χ4n) is 0.350. The second-order valence-electron chi connectivity index (χ2n) is 1.25. The van der Waals surface area contributed by atoms with Crippen molar-refractivity contribution in [2.24, 2.45) is 0 Å². The van der Waals surface area contributed by atoms with Crippen LogP contribution in [-0.4, -0.2) is 14.9 Å². The average molecular weight is 168 g/mol. The molecule has 0 fully saturated rings. The zero-order valence-electron chi connectivity index (χ0n) is 4.34. The van der Waals surface area contributed by atoms with Crippen LogP contribution in [0.4, 0.5) is 0 Å². The number of nitrogens with zero attached hydrogens (tertiary/aromatic N) is 2. The van der Waals surface area contributed by atoms with Gasteiger partial charge in [-0.05, 0) is 6.07 Å². The van der Waals surface area contributed by atoms with Gasteiger partial charge in [-0.2, -0.15) is 4.98 Å². The summed E-state index contributed by atoms with van der Waals surface area (Å²) in [5, 5.41) is 8.46. The second-order valence-corrected chi connectivity index (χ2v) is 1.25. The summed E-state index contributed by atoms with van der Waals surface area (Å²) >= 11 is 0. The number of hydrogen-bond donors (Lipinski definition) is 1. The van der Waals surface area contributed by atoms with Crippen molar-refractivity contribution in [3.63, 3.8) is 0 Å². The van der Waals surface area contributed by atoms with Gasteiger partial charge in [0.05, 0.1) is 6.20 Å². The van der Waals surface area contributed by atoms with Crippen LogP contribution in [0.1, 0.15) is 0 Å². The minimum absolute atomic E-state index is 0. The van der Waals surface area contributed by atoms with Gasteiger partial charge in [-0.15, -0.1) is 4.73 Å². The van der Waals surface area contributed by atoms with E-state index in [9.17, 15) is 4.79 Å². The molecule has 1 aromatic heterocycles. The van der Waals surface area contributed by atoms with Crippen molar-refractivity contribution in [2.75, 3.05) is 0 Å². The van der Waals surface area contributed by atoms with Gasteiger partial charge in [0.25, 0.3) is 0 Å². The second kappa shape index (κ2) is 3.27. The SMILES string of the molecule is O=c1ncccn1O.[Fe+3]. The Labute approximate surface area is 61.6 Å². The first kappa shape index (κ1) is 8.20. The van der Waals surface area contributed by atoms with E-state index in [1.165, 1.54) is 18.5 Å². The molecule has 0 aliphatic rings. The first-order valence-corrected chi connectivity index (χ1v) is 2.03. The molecule has 0 spiro atoms. The van der Waals surface area contributed by atoms with E-state index in [0.29, 0.717) is 4.73 Å². The predicted molar refractivity (Wildman–Crippen MR) is 25.7 cm³/mol. The molecule has 0 saturated heterocycles. The maximum atomic E-state index is 10.2. The Kier molecular flexibility index (Phi) is 2.98. The van der Waals surface area contributed by atoms with E-state index >= 15 is 0 Å². The largest absolute Gasteiger partial charge is 3.00 e. The summed E-state index contributed by atoms with van der Waals surface area (Å²) in [7, 11) is 0. The molecule has 0 amide bonds. The van der Waals surface area contributed by atoms with Crippen LogP contribution in [-0.2, 0) is 17.1 Å². The quantitative estimate of drug-likeness (QED) is 0.418. The van der Waals surface area contributed by atoms with Crippen LogP contribution < -0.4 is 5.69 Å². The van der Waals surface area contributed by atoms with Crippen molar-refractivity contribution in [1.29, 1.82) is 0 Å². The van der Waals surface area contributed by atoms with E-state index < -0.39 is 5.69 Å². The van der Waals surface area contributed by atoms with Crippen LogP contribution in [0.3, 0.4) is 0 Å². The molecule has 0 unspecified atom stereocenters. The summed E-state index contributed by atoms with van der Waals surface area (Å²) in [6, 6.07) is 1.46. The molecule has 0 saturated carbocycles. The first-order chi connectivity index (χ1) is 3.80. The molecule has 0 aliphatic carbocycles. The van der Waals surface area contributed by atoms with Crippen LogP contribution >= 0.6 is 0 Å². The normalized spacial score (nSPS) is 8.00. The van der Waals surface area contributed by atoms with Crippen molar-refractivity contribution in [2.45, 2.75) is 0 Å². The minimum atomic E-state index is -0.660. The molecule has 1 heterocycles. The standard InChI is InChI=1S/C4H4N2O2.Fe/c7-4-5-2-1-3-6(4)8;/h1-3,8H;/q;+3. The average Bonchev–Trinajstić information content (AvgIpc) is 1.77. The van der Waals surface area contributed by atoms with E-state index in [-0.39, 0.29) is 17.1 Å². The third kappa shape index (κ3) is 1.87. The predicted octanol–water partition coefficient (Wildman–Crippen LogP) is -0.522. The molecule has 1 aromatic rings. The molecular formula is C4H4FeN2O2+3. The van der Waals surface area contributed by atoms with Crippen LogP contribution in [0.25, 0.3) is 0 Å². The molecule has 4 nitrogen and oxygen atoms in total. The van der Waals surface area contributed by atoms with Crippen LogP contribution in [0.15, 0.2) is 23.3 Å². The number of hydrogen-bond acceptors (Lipinski definition) is 3. The van der Waals surface area contributed by atoms with Gasteiger partial charge in [0.15, 0.2) is 0 Å². The number of rotatable bonds is 0. The van der Waals surface area contributed by atoms with Gasteiger partial charge in [0.1, 0.15) is 0 Å². The summed E-state index contributed by atoms with van der Waals surface area (Å²) in [4.78, 5) is 13.5. The van der Waals surface area contributed by atoms with Gasteiger partial charge in [-0.3, -0.25) is 0 Å².